The van der Waals surface area contributed by atoms with Crippen molar-refractivity contribution >= 4 is 28.1 Å². The summed E-state index contributed by atoms with van der Waals surface area (Å²) in [4.78, 5) is 20.0. The van der Waals surface area contributed by atoms with Crippen molar-refractivity contribution in [3.8, 4) is 10.6 Å². The Morgan fingerprint density at radius 1 is 1.30 bits per heavy atom. The van der Waals surface area contributed by atoms with Crippen LogP contribution in [0.2, 0.25) is 0 Å². The van der Waals surface area contributed by atoms with E-state index in [2.05, 4.69) is 32.4 Å². The van der Waals surface area contributed by atoms with Gasteiger partial charge >= 0.3 is 0 Å². The Hall–Kier alpha value is -2.25. The highest BCUT2D eigenvalue weighted by Gasteiger charge is 2.39. The molecule has 2 unspecified atom stereocenters. The third-order valence-electron chi connectivity index (χ3n) is 6.08. The number of hydrogen-bond donors (Lipinski definition) is 2. The van der Waals surface area contributed by atoms with Crippen LogP contribution in [0.1, 0.15) is 41.9 Å². The van der Waals surface area contributed by atoms with Gasteiger partial charge in [-0.1, -0.05) is 0 Å². The van der Waals surface area contributed by atoms with Crippen molar-refractivity contribution in [2.24, 2.45) is 0 Å². The Kier molecular flexibility index (Phi) is 4.02. The summed E-state index contributed by atoms with van der Waals surface area (Å²) in [7, 11) is 2.21. The third kappa shape index (κ3) is 2.95. The molecule has 5 rings (SSSR count). The van der Waals surface area contributed by atoms with Gasteiger partial charge in [0.25, 0.3) is 5.91 Å². The first-order valence-corrected chi connectivity index (χ1v) is 10.4. The molecule has 2 atom stereocenters. The molecule has 4 heterocycles. The number of nitrogens with one attached hydrogen (secondary N) is 2. The fraction of sp³-hybridized carbons (Fsp3) is 0.450. The zero-order valence-corrected chi connectivity index (χ0v) is 16.3. The van der Waals surface area contributed by atoms with Crippen molar-refractivity contribution in [2.45, 2.75) is 50.7 Å². The van der Waals surface area contributed by atoms with Crippen LogP contribution in [-0.2, 0) is 0 Å². The first-order chi connectivity index (χ1) is 13.1. The molecular weight excluding hydrogens is 358 g/mol. The molecule has 1 amide bonds. The van der Waals surface area contributed by atoms with Crippen LogP contribution in [0.5, 0.6) is 0 Å². The van der Waals surface area contributed by atoms with Crippen LogP contribution >= 0.6 is 11.3 Å². The summed E-state index contributed by atoms with van der Waals surface area (Å²) in [5.74, 6) is -0.0809. The average molecular weight is 382 g/mol. The van der Waals surface area contributed by atoms with Gasteiger partial charge in [0, 0.05) is 40.1 Å². The highest BCUT2D eigenvalue weighted by atomic mass is 32.1. The van der Waals surface area contributed by atoms with E-state index in [1.807, 2.05) is 30.5 Å². The van der Waals surface area contributed by atoms with Crippen molar-refractivity contribution in [1.82, 2.24) is 25.4 Å². The lowest BCUT2D eigenvalue weighted by Crippen LogP contribution is -2.48. The summed E-state index contributed by atoms with van der Waals surface area (Å²) in [5, 5.41) is 14.4. The monoisotopic (exact) mass is 381 g/mol. The molecule has 2 bridgehead atoms. The van der Waals surface area contributed by atoms with E-state index < -0.39 is 0 Å². The van der Waals surface area contributed by atoms with Gasteiger partial charge in [0.1, 0.15) is 5.01 Å². The number of carbonyl (C=O) groups is 1. The van der Waals surface area contributed by atoms with E-state index in [0.717, 1.165) is 40.0 Å². The molecule has 1 aromatic carbocycles. The fourth-order valence-electron chi connectivity index (χ4n) is 4.59. The van der Waals surface area contributed by atoms with Crippen LogP contribution in [0, 0.1) is 6.92 Å². The Morgan fingerprint density at radius 2 is 2.07 bits per heavy atom. The summed E-state index contributed by atoms with van der Waals surface area (Å²) in [6, 6.07) is 7.46. The van der Waals surface area contributed by atoms with Gasteiger partial charge in [0.05, 0.1) is 5.52 Å². The zero-order valence-electron chi connectivity index (χ0n) is 15.5. The van der Waals surface area contributed by atoms with Crippen LogP contribution in [-0.4, -0.2) is 51.2 Å². The molecule has 6 nitrogen and oxygen atoms in total. The maximum Gasteiger partial charge on any atom is 0.272 e. The molecule has 0 saturated carbocycles. The number of fused-ring (bicyclic) bond motifs is 3. The topological polar surface area (TPSA) is 73.9 Å². The number of rotatable bonds is 3. The predicted octanol–water partition coefficient (Wildman–Crippen LogP) is 3.35. The summed E-state index contributed by atoms with van der Waals surface area (Å²) < 4.78 is 0. The summed E-state index contributed by atoms with van der Waals surface area (Å²) in [6.45, 7) is 1.99. The molecule has 3 aromatic rings. The molecule has 2 fully saturated rings. The van der Waals surface area contributed by atoms with Gasteiger partial charge in [0.2, 0.25) is 0 Å². The second-order valence-corrected chi connectivity index (χ2v) is 8.68. The van der Waals surface area contributed by atoms with Gasteiger partial charge < -0.3 is 10.2 Å². The first kappa shape index (κ1) is 16.9. The Bertz CT molecular complexity index is 995. The molecular formula is C20H23N5OS. The molecule has 0 aliphatic carbocycles. The summed E-state index contributed by atoms with van der Waals surface area (Å²) >= 11 is 1.62. The van der Waals surface area contributed by atoms with Crippen LogP contribution in [0.3, 0.4) is 0 Å². The number of H-pyrrole nitrogens is 1. The van der Waals surface area contributed by atoms with Gasteiger partial charge in [0.15, 0.2) is 5.69 Å². The normalized spacial score (nSPS) is 25.2. The maximum atomic E-state index is 12.9. The second kappa shape index (κ2) is 6.42. The Labute approximate surface area is 162 Å². The van der Waals surface area contributed by atoms with E-state index in [9.17, 15) is 4.79 Å². The second-order valence-electron chi connectivity index (χ2n) is 7.82. The number of carbonyl (C=O) groups excluding carboxylic acids is 1. The number of nitrogens with zero attached hydrogens (tertiary/aromatic N) is 3. The number of aromatic nitrogens is 3. The first-order valence-electron chi connectivity index (χ1n) is 9.52. The minimum absolute atomic E-state index is 0.0809. The molecule has 2 aromatic heterocycles. The summed E-state index contributed by atoms with van der Waals surface area (Å²) in [5.41, 5.74) is 3.39. The molecule has 2 aliphatic heterocycles. The van der Waals surface area contributed by atoms with Crippen molar-refractivity contribution in [1.29, 1.82) is 0 Å². The maximum absolute atomic E-state index is 12.9. The van der Waals surface area contributed by atoms with E-state index in [4.69, 9.17) is 0 Å². The van der Waals surface area contributed by atoms with Crippen molar-refractivity contribution in [2.75, 3.05) is 7.05 Å². The predicted molar refractivity (Wildman–Crippen MR) is 107 cm³/mol. The lowest BCUT2D eigenvalue weighted by molar-refractivity contribution is 0.0879. The third-order valence-corrected chi connectivity index (χ3v) is 7.09. The zero-order chi connectivity index (χ0) is 18.5. The number of aryl methyl sites for hydroxylation is 1. The van der Waals surface area contributed by atoms with Crippen LogP contribution < -0.4 is 5.32 Å². The van der Waals surface area contributed by atoms with Gasteiger partial charge in [-0.2, -0.15) is 5.10 Å². The lowest BCUT2D eigenvalue weighted by atomic mass is 9.98. The average Bonchev–Trinajstić information content (AvgIpc) is 3.31. The largest absolute Gasteiger partial charge is 0.348 e. The fourth-order valence-corrected chi connectivity index (χ4v) is 5.38. The van der Waals surface area contributed by atoms with E-state index >= 15 is 0 Å². The van der Waals surface area contributed by atoms with Crippen molar-refractivity contribution in [3.05, 3.63) is 35.0 Å². The molecule has 2 saturated heterocycles. The highest BCUT2D eigenvalue weighted by Crippen LogP contribution is 2.34. The van der Waals surface area contributed by atoms with Crippen molar-refractivity contribution in [3.63, 3.8) is 0 Å². The number of piperidine rings is 1. The highest BCUT2D eigenvalue weighted by molar-refractivity contribution is 7.13. The number of benzene rings is 1. The van der Waals surface area contributed by atoms with Gasteiger partial charge in [-0.15, -0.1) is 11.3 Å². The van der Waals surface area contributed by atoms with Gasteiger partial charge in [-0.3, -0.25) is 9.89 Å². The number of hydrogen-bond acceptors (Lipinski definition) is 5. The van der Waals surface area contributed by atoms with Crippen molar-refractivity contribution < 1.29 is 4.79 Å². The summed E-state index contributed by atoms with van der Waals surface area (Å²) in [6.07, 6.45) is 4.56. The molecule has 2 aliphatic rings. The number of amides is 1. The Morgan fingerprint density at radius 3 is 2.78 bits per heavy atom. The lowest BCUT2D eigenvalue weighted by Gasteiger charge is -2.36. The molecule has 140 valence electrons. The quantitative estimate of drug-likeness (QED) is 0.730. The SMILES string of the molecule is Cc1csc(-c2ccc3[nH]nc(C(=O)NC4CC5CCC(C4)N5C)c3c2)n1. The molecule has 0 radical (unpaired) electrons. The van der Waals surface area contributed by atoms with Crippen LogP contribution in [0.15, 0.2) is 23.6 Å². The van der Waals surface area contributed by atoms with Crippen LogP contribution in [0.25, 0.3) is 21.5 Å². The molecule has 2 N–H and O–H groups in total. The van der Waals surface area contributed by atoms with Gasteiger partial charge in [-0.05, 0) is 57.9 Å². The number of aromatic amines is 1. The molecule has 7 heteroatoms. The Balaban J connectivity index is 1.40. The minimum Gasteiger partial charge on any atom is -0.348 e. The van der Waals surface area contributed by atoms with E-state index in [1.165, 1.54) is 12.8 Å². The van der Waals surface area contributed by atoms with Gasteiger partial charge in [-0.25, -0.2) is 4.98 Å². The van der Waals surface area contributed by atoms with Crippen LogP contribution in [0.4, 0.5) is 0 Å². The molecule has 27 heavy (non-hydrogen) atoms. The number of thiazole rings is 1. The smallest absolute Gasteiger partial charge is 0.272 e. The molecule has 0 spiro atoms. The minimum atomic E-state index is -0.0809. The van der Waals surface area contributed by atoms with E-state index in [0.29, 0.717) is 17.8 Å². The standard InChI is InChI=1S/C20H23N5OS/c1-11-10-27-20(21-11)12-3-6-17-16(7-12)18(24-23-17)19(26)22-13-8-14-4-5-15(9-13)25(14)2/h3,6-7,10,13-15H,4-5,8-9H2,1-2H3,(H,22,26)(H,23,24). The van der Waals surface area contributed by atoms with E-state index in [1.54, 1.807) is 11.3 Å². The van der Waals surface area contributed by atoms with E-state index in [-0.39, 0.29) is 11.9 Å².